The van der Waals surface area contributed by atoms with Crippen molar-refractivity contribution in [2.24, 2.45) is 5.92 Å². The highest BCUT2D eigenvalue weighted by atomic mass is 79.9. The van der Waals surface area contributed by atoms with E-state index in [9.17, 15) is 22.4 Å². The average Bonchev–Trinajstić information content (AvgIpc) is 2.76. The third kappa shape index (κ3) is 8.09. The van der Waals surface area contributed by atoms with E-state index in [0.29, 0.717) is 28.7 Å². The number of anilines is 1. The molecule has 34 heavy (non-hydrogen) atoms. The van der Waals surface area contributed by atoms with Crippen molar-refractivity contribution in [2.75, 3.05) is 23.7 Å². The summed E-state index contributed by atoms with van der Waals surface area (Å²) in [5, 5.41) is 2.86. The van der Waals surface area contributed by atoms with Crippen molar-refractivity contribution in [1.29, 1.82) is 0 Å². The predicted molar refractivity (Wildman–Crippen MR) is 135 cm³/mol. The molecule has 0 fully saturated rings. The van der Waals surface area contributed by atoms with Crippen LogP contribution in [0, 0.1) is 11.7 Å². The molecule has 10 heteroatoms. The molecule has 0 radical (unpaired) electrons. The lowest BCUT2D eigenvalue weighted by molar-refractivity contribution is -0.140. The highest BCUT2D eigenvalue weighted by Crippen LogP contribution is 2.23. The number of hydrogen-bond acceptors (Lipinski definition) is 4. The van der Waals surface area contributed by atoms with Crippen LogP contribution in [0.15, 0.2) is 53.0 Å². The maximum Gasteiger partial charge on any atom is 0.244 e. The molecule has 0 aliphatic carbocycles. The van der Waals surface area contributed by atoms with Crippen molar-refractivity contribution in [3.05, 3.63) is 64.4 Å². The third-order valence-corrected chi connectivity index (χ3v) is 6.75. The molecule has 0 aliphatic heterocycles. The predicted octanol–water partition coefficient (Wildman–Crippen LogP) is 3.93. The molecule has 7 nitrogen and oxygen atoms in total. The average molecular weight is 556 g/mol. The fourth-order valence-electron chi connectivity index (χ4n) is 3.37. The molecule has 2 aromatic rings. The van der Waals surface area contributed by atoms with E-state index in [2.05, 4.69) is 21.2 Å². The number of carbonyl (C=O) groups excluding carboxylic acids is 2. The minimum absolute atomic E-state index is 0.0306. The standard InChI is InChI=1S/C24H31BrFN3O4S/c1-5-22(24(31)27-14-17(2)3)28(15-18-9-11-20(26)12-10-18)23(30)16-29(34(4,32)33)21-8-6-7-19(25)13-21/h6-13,17,22H,5,14-16H2,1-4H3,(H,27,31)/t22-/m1/s1. The van der Waals surface area contributed by atoms with Crippen LogP contribution in [0.2, 0.25) is 0 Å². The van der Waals surface area contributed by atoms with E-state index in [1.54, 1.807) is 31.2 Å². The van der Waals surface area contributed by atoms with Gasteiger partial charge in [0.2, 0.25) is 21.8 Å². The van der Waals surface area contributed by atoms with E-state index in [4.69, 9.17) is 0 Å². The lowest BCUT2D eigenvalue weighted by Gasteiger charge is -2.33. The number of rotatable bonds is 11. The molecule has 1 atom stereocenters. The SMILES string of the molecule is CC[C@H](C(=O)NCC(C)C)N(Cc1ccc(F)cc1)C(=O)CN(c1cccc(Br)c1)S(C)(=O)=O. The normalized spacial score (nSPS) is 12.3. The van der Waals surface area contributed by atoms with Gasteiger partial charge in [0, 0.05) is 17.6 Å². The second-order valence-electron chi connectivity index (χ2n) is 8.46. The van der Waals surface area contributed by atoms with Gasteiger partial charge < -0.3 is 10.2 Å². The van der Waals surface area contributed by atoms with Gasteiger partial charge in [0.25, 0.3) is 0 Å². The monoisotopic (exact) mass is 555 g/mol. The molecule has 0 bridgehead atoms. The Kier molecular flexibility index (Phi) is 10.1. The van der Waals surface area contributed by atoms with Crippen LogP contribution in [0.5, 0.6) is 0 Å². The zero-order chi connectivity index (χ0) is 25.5. The number of hydrogen-bond donors (Lipinski definition) is 1. The van der Waals surface area contributed by atoms with Gasteiger partial charge in [-0.3, -0.25) is 13.9 Å². The Morgan fingerprint density at radius 1 is 1.12 bits per heavy atom. The number of benzene rings is 2. The van der Waals surface area contributed by atoms with Crippen LogP contribution in [0.4, 0.5) is 10.1 Å². The first-order chi connectivity index (χ1) is 15.9. The molecule has 0 aromatic heterocycles. The Morgan fingerprint density at radius 2 is 1.76 bits per heavy atom. The summed E-state index contributed by atoms with van der Waals surface area (Å²) in [6.07, 6.45) is 1.35. The van der Waals surface area contributed by atoms with Gasteiger partial charge >= 0.3 is 0 Å². The topological polar surface area (TPSA) is 86.8 Å². The van der Waals surface area contributed by atoms with E-state index < -0.39 is 34.3 Å². The number of carbonyl (C=O) groups is 2. The van der Waals surface area contributed by atoms with Crippen molar-refractivity contribution in [3.63, 3.8) is 0 Å². The first kappa shape index (κ1) is 27.8. The van der Waals surface area contributed by atoms with Crippen LogP contribution in [-0.2, 0) is 26.2 Å². The first-order valence-corrected chi connectivity index (χ1v) is 13.6. The second-order valence-corrected chi connectivity index (χ2v) is 11.3. The Hall–Kier alpha value is -2.46. The highest BCUT2D eigenvalue weighted by Gasteiger charge is 2.31. The lowest BCUT2D eigenvalue weighted by Crippen LogP contribution is -2.52. The molecule has 0 spiro atoms. The summed E-state index contributed by atoms with van der Waals surface area (Å²) in [6.45, 7) is 5.71. The van der Waals surface area contributed by atoms with Gasteiger partial charge in [-0.05, 0) is 48.2 Å². The molecule has 2 amide bonds. The number of nitrogens with zero attached hydrogens (tertiary/aromatic N) is 2. The molecule has 1 N–H and O–H groups in total. The van der Waals surface area contributed by atoms with E-state index in [-0.39, 0.29) is 18.4 Å². The summed E-state index contributed by atoms with van der Waals surface area (Å²) in [4.78, 5) is 27.9. The number of nitrogens with one attached hydrogen (secondary N) is 1. The number of halogens is 2. The van der Waals surface area contributed by atoms with Gasteiger partial charge in [0.05, 0.1) is 11.9 Å². The summed E-state index contributed by atoms with van der Waals surface area (Å²) < 4.78 is 40.2. The molecule has 0 aliphatic rings. The summed E-state index contributed by atoms with van der Waals surface area (Å²) in [7, 11) is -3.80. The fraction of sp³-hybridized carbons (Fsp3) is 0.417. The molecule has 2 rings (SSSR count). The highest BCUT2D eigenvalue weighted by molar-refractivity contribution is 9.10. The van der Waals surface area contributed by atoms with Gasteiger partial charge in [-0.2, -0.15) is 0 Å². The Bertz CT molecular complexity index is 1090. The fourth-order valence-corrected chi connectivity index (χ4v) is 4.60. The van der Waals surface area contributed by atoms with Crippen molar-refractivity contribution in [1.82, 2.24) is 10.2 Å². The van der Waals surface area contributed by atoms with E-state index in [1.165, 1.54) is 29.2 Å². The van der Waals surface area contributed by atoms with Crippen molar-refractivity contribution in [2.45, 2.75) is 39.8 Å². The lowest BCUT2D eigenvalue weighted by atomic mass is 10.1. The zero-order valence-electron chi connectivity index (χ0n) is 19.8. The minimum atomic E-state index is -3.80. The Balaban J connectivity index is 2.41. The number of amides is 2. The molecule has 2 aromatic carbocycles. The van der Waals surface area contributed by atoms with Crippen molar-refractivity contribution < 1.29 is 22.4 Å². The van der Waals surface area contributed by atoms with Gasteiger partial charge in [-0.15, -0.1) is 0 Å². The summed E-state index contributed by atoms with van der Waals surface area (Å²) in [5.74, 6) is -1.05. The molecular formula is C24H31BrFN3O4S. The van der Waals surface area contributed by atoms with E-state index in [1.807, 2.05) is 13.8 Å². The molecule has 0 heterocycles. The van der Waals surface area contributed by atoms with Gasteiger partial charge in [-0.25, -0.2) is 12.8 Å². The van der Waals surface area contributed by atoms with Gasteiger partial charge in [0.1, 0.15) is 18.4 Å². The maximum absolute atomic E-state index is 13.5. The van der Waals surface area contributed by atoms with Crippen LogP contribution in [0.3, 0.4) is 0 Å². The number of sulfonamides is 1. The van der Waals surface area contributed by atoms with Crippen molar-refractivity contribution in [3.8, 4) is 0 Å². The molecule has 0 saturated carbocycles. The van der Waals surface area contributed by atoms with Crippen LogP contribution < -0.4 is 9.62 Å². The third-order valence-electron chi connectivity index (χ3n) is 5.11. The summed E-state index contributed by atoms with van der Waals surface area (Å²) >= 11 is 3.32. The second kappa shape index (κ2) is 12.3. The molecular weight excluding hydrogens is 525 g/mol. The Labute approximate surface area is 209 Å². The van der Waals surface area contributed by atoms with E-state index >= 15 is 0 Å². The molecule has 0 saturated heterocycles. The van der Waals surface area contributed by atoms with Crippen molar-refractivity contribution >= 4 is 43.5 Å². The molecule has 186 valence electrons. The smallest absolute Gasteiger partial charge is 0.244 e. The van der Waals surface area contributed by atoms with Crippen LogP contribution in [0.1, 0.15) is 32.8 Å². The largest absolute Gasteiger partial charge is 0.354 e. The zero-order valence-corrected chi connectivity index (χ0v) is 22.2. The quantitative estimate of drug-likeness (QED) is 0.455. The van der Waals surface area contributed by atoms with Crippen LogP contribution >= 0.6 is 15.9 Å². The molecule has 0 unspecified atom stereocenters. The first-order valence-electron chi connectivity index (χ1n) is 11.0. The Morgan fingerprint density at radius 3 is 2.29 bits per heavy atom. The summed E-state index contributed by atoms with van der Waals surface area (Å²) in [6, 6.07) is 11.4. The van der Waals surface area contributed by atoms with Gasteiger partial charge in [-0.1, -0.05) is 54.9 Å². The van der Waals surface area contributed by atoms with Crippen LogP contribution in [-0.4, -0.2) is 50.5 Å². The summed E-state index contributed by atoms with van der Waals surface area (Å²) in [5.41, 5.74) is 0.947. The minimum Gasteiger partial charge on any atom is -0.354 e. The maximum atomic E-state index is 13.5. The van der Waals surface area contributed by atoms with Gasteiger partial charge in [0.15, 0.2) is 0 Å². The van der Waals surface area contributed by atoms with E-state index in [0.717, 1.165) is 10.6 Å². The van der Waals surface area contributed by atoms with Crippen LogP contribution in [0.25, 0.3) is 0 Å².